The quantitative estimate of drug-likeness (QED) is 0.582. The maximum Gasteiger partial charge on any atom is 0.275 e. The Morgan fingerprint density at radius 1 is 0.765 bits per heavy atom. The molecular formula is C26H29N5O3. The average molecular weight is 460 g/mol. The van der Waals surface area contributed by atoms with Crippen molar-refractivity contribution in [1.29, 1.82) is 0 Å². The van der Waals surface area contributed by atoms with Crippen molar-refractivity contribution in [2.75, 3.05) is 45.8 Å². The van der Waals surface area contributed by atoms with Crippen molar-refractivity contribution >= 4 is 22.6 Å². The summed E-state index contributed by atoms with van der Waals surface area (Å²) in [5.74, 6) is 0.00135. The molecule has 3 heterocycles. The Balaban J connectivity index is 1.34. The SMILES string of the molecule is O=C(CN1CCN(C(=O)c2nn(Cc3ccccc3)c(=O)c3ccccc23)CC1)N1CCCC1. The molecule has 3 aromatic rings. The van der Waals surface area contributed by atoms with Crippen molar-refractivity contribution < 1.29 is 9.59 Å². The van der Waals surface area contributed by atoms with Gasteiger partial charge in [0.05, 0.1) is 18.5 Å². The van der Waals surface area contributed by atoms with Crippen molar-refractivity contribution in [1.82, 2.24) is 24.5 Å². The second-order valence-corrected chi connectivity index (χ2v) is 9.00. The van der Waals surface area contributed by atoms with Crippen molar-refractivity contribution in [3.63, 3.8) is 0 Å². The minimum Gasteiger partial charge on any atom is -0.342 e. The minimum absolute atomic E-state index is 0.177. The highest BCUT2D eigenvalue weighted by atomic mass is 16.2. The molecule has 0 spiro atoms. The highest BCUT2D eigenvalue weighted by Crippen LogP contribution is 2.17. The van der Waals surface area contributed by atoms with E-state index in [-0.39, 0.29) is 17.4 Å². The first-order chi connectivity index (χ1) is 16.6. The first-order valence-corrected chi connectivity index (χ1v) is 11.9. The number of carbonyl (C=O) groups excluding carboxylic acids is 2. The molecule has 34 heavy (non-hydrogen) atoms. The summed E-state index contributed by atoms with van der Waals surface area (Å²) in [4.78, 5) is 44.9. The molecule has 1 aromatic heterocycles. The molecule has 5 rings (SSSR count). The fraction of sp³-hybridized carbons (Fsp3) is 0.385. The minimum atomic E-state index is -0.207. The smallest absolute Gasteiger partial charge is 0.275 e. The number of rotatable bonds is 5. The predicted octanol–water partition coefficient (Wildman–Crippen LogP) is 1.82. The predicted molar refractivity (Wildman–Crippen MR) is 130 cm³/mol. The maximum atomic E-state index is 13.5. The van der Waals surface area contributed by atoms with Gasteiger partial charge in [-0.05, 0) is 24.5 Å². The molecule has 0 atom stereocenters. The summed E-state index contributed by atoms with van der Waals surface area (Å²) >= 11 is 0. The van der Waals surface area contributed by atoms with E-state index in [9.17, 15) is 14.4 Å². The van der Waals surface area contributed by atoms with E-state index in [1.54, 1.807) is 23.1 Å². The van der Waals surface area contributed by atoms with Crippen LogP contribution in [0.5, 0.6) is 0 Å². The molecule has 0 radical (unpaired) electrons. The van der Waals surface area contributed by atoms with Gasteiger partial charge in [-0.3, -0.25) is 19.3 Å². The monoisotopic (exact) mass is 459 g/mol. The first kappa shape index (κ1) is 22.3. The van der Waals surface area contributed by atoms with E-state index in [1.165, 1.54) is 4.68 Å². The molecule has 2 aromatic carbocycles. The van der Waals surface area contributed by atoms with Crippen LogP contribution in [0.25, 0.3) is 10.8 Å². The zero-order valence-electron chi connectivity index (χ0n) is 19.2. The highest BCUT2D eigenvalue weighted by molar-refractivity contribution is 6.04. The second kappa shape index (κ2) is 9.77. The summed E-state index contributed by atoms with van der Waals surface area (Å²) in [6, 6.07) is 16.8. The van der Waals surface area contributed by atoms with Gasteiger partial charge >= 0.3 is 0 Å². The summed E-state index contributed by atoms with van der Waals surface area (Å²) in [5.41, 5.74) is 1.04. The summed E-state index contributed by atoms with van der Waals surface area (Å²) < 4.78 is 1.38. The van der Waals surface area contributed by atoms with Crippen LogP contribution in [0.1, 0.15) is 28.9 Å². The Bertz CT molecular complexity index is 1240. The topological polar surface area (TPSA) is 78.8 Å². The molecule has 0 bridgehead atoms. The third-order valence-electron chi connectivity index (χ3n) is 6.72. The number of nitrogens with zero attached hydrogens (tertiary/aromatic N) is 5. The van der Waals surface area contributed by atoms with Crippen molar-refractivity contribution in [2.45, 2.75) is 19.4 Å². The Kier molecular flexibility index (Phi) is 6.40. The van der Waals surface area contributed by atoms with Gasteiger partial charge in [0.2, 0.25) is 5.91 Å². The first-order valence-electron chi connectivity index (χ1n) is 11.9. The molecule has 176 valence electrons. The average Bonchev–Trinajstić information content (AvgIpc) is 3.42. The van der Waals surface area contributed by atoms with Crippen LogP contribution in [0.15, 0.2) is 59.4 Å². The third-order valence-corrected chi connectivity index (χ3v) is 6.72. The van der Waals surface area contributed by atoms with Crippen LogP contribution in [0.3, 0.4) is 0 Å². The van der Waals surface area contributed by atoms with Crippen molar-refractivity contribution in [3.8, 4) is 0 Å². The Hall–Kier alpha value is -3.52. The number of carbonyl (C=O) groups is 2. The van der Waals surface area contributed by atoms with Crippen molar-refractivity contribution in [2.24, 2.45) is 0 Å². The number of aromatic nitrogens is 2. The van der Waals surface area contributed by atoms with Gasteiger partial charge in [0.15, 0.2) is 5.69 Å². The number of hydrogen-bond donors (Lipinski definition) is 0. The molecule has 2 aliphatic rings. The molecule has 0 aliphatic carbocycles. The zero-order chi connectivity index (χ0) is 23.5. The largest absolute Gasteiger partial charge is 0.342 e. The maximum absolute atomic E-state index is 13.5. The van der Waals surface area contributed by atoms with Gasteiger partial charge in [0.25, 0.3) is 11.5 Å². The van der Waals surface area contributed by atoms with E-state index in [0.717, 1.165) is 31.5 Å². The van der Waals surface area contributed by atoms with Crippen molar-refractivity contribution in [3.05, 3.63) is 76.2 Å². The molecule has 2 saturated heterocycles. The molecule has 0 saturated carbocycles. The number of benzene rings is 2. The number of amides is 2. The standard InChI is InChI=1S/C26H29N5O3/c32-23(29-12-6-7-13-29)19-28-14-16-30(17-15-28)26(34)24-21-10-4-5-11-22(21)25(33)31(27-24)18-20-8-2-1-3-9-20/h1-5,8-11H,6-7,12-19H2. The fourth-order valence-corrected chi connectivity index (χ4v) is 4.77. The van der Waals surface area contributed by atoms with Gasteiger partial charge in [-0.25, -0.2) is 4.68 Å². The highest BCUT2D eigenvalue weighted by Gasteiger charge is 2.28. The van der Waals surface area contributed by atoms with E-state index >= 15 is 0 Å². The Morgan fingerprint density at radius 3 is 2.12 bits per heavy atom. The van der Waals surface area contributed by atoms with Crippen LogP contribution in [-0.4, -0.2) is 82.1 Å². The van der Waals surface area contributed by atoms with Gasteiger partial charge in [0.1, 0.15) is 0 Å². The lowest BCUT2D eigenvalue weighted by Crippen LogP contribution is -2.51. The van der Waals surface area contributed by atoms with Gasteiger partial charge in [-0.1, -0.05) is 48.5 Å². The summed E-state index contributed by atoms with van der Waals surface area (Å²) in [5, 5.41) is 5.60. The van der Waals surface area contributed by atoms with Gasteiger partial charge < -0.3 is 9.80 Å². The van der Waals surface area contributed by atoms with E-state index in [2.05, 4.69) is 10.00 Å². The summed E-state index contributed by atoms with van der Waals surface area (Å²) in [7, 11) is 0. The van der Waals surface area contributed by atoms with Gasteiger partial charge in [0, 0.05) is 44.7 Å². The molecule has 2 aliphatic heterocycles. The lowest BCUT2D eigenvalue weighted by molar-refractivity contribution is -0.131. The van der Waals surface area contributed by atoms with E-state index in [4.69, 9.17) is 0 Å². The Labute approximate surface area is 198 Å². The number of piperazine rings is 1. The van der Waals surface area contributed by atoms with E-state index in [1.807, 2.05) is 41.3 Å². The molecule has 0 N–H and O–H groups in total. The van der Waals surface area contributed by atoms with Crippen LogP contribution in [0.2, 0.25) is 0 Å². The molecular weight excluding hydrogens is 430 g/mol. The van der Waals surface area contributed by atoms with Gasteiger partial charge in [-0.15, -0.1) is 0 Å². The third kappa shape index (κ3) is 4.59. The Morgan fingerprint density at radius 2 is 1.41 bits per heavy atom. The normalized spacial score (nSPS) is 16.8. The van der Waals surface area contributed by atoms with Crippen LogP contribution >= 0.6 is 0 Å². The van der Waals surface area contributed by atoms with Crippen LogP contribution in [0.4, 0.5) is 0 Å². The fourth-order valence-electron chi connectivity index (χ4n) is 4.77. The van der Waals surface area contributed by atoms with Crippen LogP contribution in [-0.2, 0) is 11.3 Å². The number of fused-ring (bicyclic) bond motifs is 1. The molecule has 2 fully saturated rings. The number of likely N-dealkylation sites (tertiary alicyclic amines) is 1. The van der Waals surface area contributed by atoms with E-state index in [0.29, 0.717) is 55.7 Å². The molecule has 2 amide bonds. The van der Waals surface area contributed by atoms with Gasteiger partial charge in [-0.2, -0.15) is 5.10 Å². The molecule has 0 unspecified atom stereocenters. The van der Waals surface area contributed by atoms with Crippen LogP contribution < -0.4 is 5.56 Å². The lowest BCUT2D eigenvalue weighted by Gasteiger charge is -2.35. The number of hydrogen-bond acceptors (Lipinski definition) is 5. The second-order valence-electron chi connectivity index (χ2n) is 9.00. The molecule has 8 nitrogen and oxygen atoms in total. The summed E-state index contributed by atoms with van der Waals surface area (Å²) in [6.07, 6.45) is 2.17. The van der Waals surface area contributed by atoms with E-state index < -0.39 is 0 Å². The lowest BCUT2D eigenvalue weighted by atomic mass is 10.1. The van der Waals surface area contributed by atoms with Crippen LogP contribution in [0, 0.1) is 0 Å². The zero-order valence-corrected chi connectivity index (χ0v) is 19.2. The summed E-state index contributed by atoms with van der Waals surface area (Å²) in [6.45, 7) is 4.77. The molecule has 8 heteroatoms.